The van der Waals surface area contributed by atoms with E-state index >= 15 is 0 Å². The lowest BCUT2D eigenvalue weighted by molar-refractivity contribution is 0.142. The minimum absolute atomic E-state index is 0.0552. The summed E-state index contributed by atoms with van der Waals surface area (Å²) in [6.45, 7) is 0. The fourth-order valence-electron chi connectivity index (χ4n) is 1.55. The van der Waals surface area contributed by atoms with Gasteiger partial charge in [-0.05, 0) is 12.8 Å². The lowest BCUT2D eigenvalue weighted by atomic mass is 10.1. The van der Waals surface area contributed by atoms with Crippen molar-refractivity contribution in [3.8, 4) is 11.5 Å². The third kappa shape index (κ3) is 1.54. The van der Waals surface area contributed by atoms with Gasteiger partial charge in [0.2, 0.25) is 0 Å². The Kier molecular flexibility index (Phi) is 2.28. The van der Waals surface area contributed by atoms with Gasteiger partial charge in [0, 0.05) is 6.07 Å². The first-order chi connectivity index (χ1) is 6.99. The lowest BCUT2D eigenvalue weighted by Crippen LogP contribution is -2.08. The van der Waals surface area contributed by atoms with E-state index in [-0.39, 0.29) is 22.1 Å². The molecule has 0 amide bonds. The molecule has 0 spiro atoms. The largest absolute Gasteiger partial charge is 0.507 e. The summed E-state index contributed by atoms with van der Waals surface area (Å²) in [4.78, 5) is 0. The fourth-order valence-corrected chi connectivity index (χ4v) is 1.78. The van der Waals surface area contributed by atoms with Crippen molar-refractivity contribution >= 4 is 11.6 Å². The number of ether oxygens (including phenoxy) is 1. The molecule has 0 atom stereocenters. The minimum Gasteiger partial charge on any atom is -0.507 e. The third-order valence-corrected chi connectivity index (χ3v) is 2.91. The standard InChI is InChI=1S/C10H10ClFO3/c1-15-6-4-5(13)7(9(12)8(6)11)10(14)2-3-10/h4,13-14H,2-3H2,1H3. The summed E-state index contributed by atoms with van der Waals surface area (Å²) in [5.41, 5.74) is -1.39. The highest BCUT2D eigenvalue weighted by molar-refractivity contribution is 6.32. The highest BCUT2D eigenvalue weighted by atomic mass is 35.5. The van der Waals surface area contributed by atoms with Crippen molar-refractivity contribution in [2.45, 2.75) is 18.4 Å². The highest BCUT2D eigenvalue weighted by Crippen LogP contribution is 2.52. The van der Waals surface area contributed by atoms with Crippen LogP contribution in [0.25, 0.3) is 0 Å². The van der Waals surface area contributed by atoms with Gasteiger partial charge < -0.3 is 14.9 Å². The maximum Gasteiger partial charge on any atom is 0.155 e. The molecule has 1 saturated carbocycles. The van der Waals surface area contributed by atoms with Crippen LogP contribution in [-0.2, 0) is 5.60 Å². The van der Waals surface area contributed by atoms with E-state index in [0.29, 0.717) is 12.8 Å². The second-order valence-corrected chi connectivity index (χ2v) is 4.01. The normalized spacial score (nSPS) is 17.6. The van der Waals surface area contributed by atoms with Crippen molar-refractivity contribution in [3.05, 3.63) is 22.5 Å². The van der Waals surface area contributed by atoms with Crippen LogP contribution < -0.4 is 4.74 Å². The van der Waals surface area contributed by atoms with E-state index in [1.807, 2.05) is 0 Å². The summed E-state index contributed by atoms with van der Waals surface area (Å²) in [5.74, 6) is -1.08. The van der Waals surface area contributed by atoms with Crippen molar-refractivity contribution in [1.82, 2.24) is 0 Å². The van der Waals surface area contributed by atoms with Crippen molar-refractivity contribution in [2.75, 3.05) is 7.11 Å². The van der Waals surface area contributed by atoms with Crippen molar-refractivity contribution in [1.29, 1.82) is 0 Å². The number of hydrogen-bond acceptors (Lipinski definition) is 3. The van der Waals surface area contributed by atoms with Crippen LogP contribution in [0.3, 0.4) is 0 Å². The number of aromatic hydroxyl groups is 1. The Labute approximate surface area is 91.1 Å². The van der Waals surface area contributed by atoms with Crippen LogP contribution in [0.15, 0.2) is 6.07 Å². The van der Waals surface area contributed by atoms with Crippen LogP contribution in [0.5, 0.6) is 11.5 Å². The molecular formula is C10H10ClFO3. The van der Waals surface area contributed by atoms with Crippen molar-refractivity contribution < 1.29 is 19.3 Å². The predicted molar refractivity (Wildman–Crippen MR) is 52.8 cm³/mol. The smallest absolute Gasteiger partial charge is 0.155 e. The topological polar surface area (TPSA) is 49.7 Å². The van der Waals surface area contributed by atoms with Crippen molar-refractivity contribution in [3.63, 3.8) is 0 Å². The van der Waals surface area contributed by atoms with Crippen LogP contribution in [-0.4, -0.2) is 17.3 Å². The molecule has 3 nitrogen and oxygen atoms in total. The van der Waals surface area contributed by atoms with E-state index in [1.165, 1.54) is 13.2 Å². The second kappa shape index (κ2) is 3.25. The number of benzene rings is 1. The van der Waals surface area contributed by atoms with Gasteiger partial charge in [-0.25, -0.2) is 4.39 Å². The molecule has 0 aromatic heterocycles. The van der Waals surface area contributed by atoms with E-state index in [0.717, 1.165) is 0 Å². The molecule has 1 aromatic carbocycles. The Balaban J connectivity index is 2.61. The Hall–Kier alpha value is -1.00. The zero-order valence-corrected chi connectivity index (χ0v) is 8.81. The highest BCUT2D eigenvalue weighted by Gasteiger charge is 2.47. The van der Waals surface area contributed by atoms with Gasteiger partial charge in [-0.1, -0.05) is 11.6 Å². The predicted octanol–water partition coefficient (Wildman–Crippen LogP) is 2.17. The number of phenolic OH excluding ortho intramolecular Hbond substituents is 1. The maximum atomic E-state index is 13.7. The molecule has 82 valence electrons. The van der Waals surface area contributed by atoms with E-state index in [4.69, 9.17) is 16.3 Å². The lowest BCUT2D eigenvalue weighted by Gasteiger charge is -2.14. The summed E-state index contributed by atoms with van der Waals surface area (Å²) in [5, 5.41) is 19.1. The average Bonchev–Trinajstić information content (AvgIpc) is 2.91. The first kappa shape index (κ1) is 10.5. The Bertz CT molecular complexity index is 416. The SMILES string of the molecule is COc1cc(O)c(C2(O)CC2)c(F)c1Cl. The molecule has 15 heavy (non-hydrogen) atoms. The van der Waals surface area contributed by atoms with E-state index in [1.54, 1.807) is 0 Å². The molecule has 1 aliphatic rings. The summed E-state index contributed by atoms with van der Waals surface area (Å²) < 4.78 is 18.5. The van der Waals surface area contributed by atoms with Gasteiger partial charge in [-0.3, -0.25) is 0 Å². The van der Waals surface area contributed by atoms with Gasteiger partial charge >= 0.3 is 0 Å². The summed E-state index contributed by atoms with van der Waals surface area (Å²) in [6.07, 6.45) is 0.861. The van der Waals surface area contributed by atoms with Gasteiger partial charge in [0.25, 0.3) is 0 Å². The van der Waals surface area contributed by atoms with Crippen LogP contribution in [0.1, 0.15) is 18.4 Å². The molecule has 0 heterocycles. The van der Waals surface area contributed by atoms with E-state index < -0.39 is 11.4 Å². The van der Waals surface area contributed by atoms with Crippen molar-refractivity contribution in [2.24, 2.45) is 0 Å². The number of hydrogen-bond donors (Lipinski definition) is 2. The average molecular weight is 233 g/mol. The second-order valence-electron chi connectivity index (χ2n) is 3.63. The number of aliphatic hydroxyl groups is 1. The molecule has 0 unspecified atom stereocenters. The summed E-state index contributed by atoms with van der Waals surface area (Å²) in [6, 6.07) is 1.21. The molecule has 0 aliphatic heterocycles. The Morgan fingerprint density at radius 3 is 2.60 bits per heavy atom. The van der Waals surface area contributed by atoms with Crippen LogP contribution >= 0.6 is 11.6 Å². The van der Waals surface area contributed by atoms with Crippen LogP contribution in [0.4, 0.5) is 4.39 Å². The molecular weight excluding hydrogens is 223 g/mol. The quantitative estimate of drug-likeness (QED) is 0.822. The molecule has 0 bridgehead atoms. The molecule has 1 aliphatic carbocycles. The first-order valence-corrected chi connectivity index (χ1v) is 4.85. The number of methoxy groups -OCH3 is 1. The molecule has 5 heteroatoms. The summed E-state index contributed by atoms with van der Waals surface area (Å²) >= 11 is 5.68. The Morgan fingerprint density at radius 1 is 1.53 bits per heavy atom. The minimum atomic E-state index is -1.26. The molecule has 0 radical (unpaired) electrons. The molecule has 2 N–H and O–H groups in total. The molecule has 1 fully saturated rings. The number of phenols is 1. The number of rotatable bonds is 2. The Morgan fingerprint density at radius 2 is 2.13 bits per heavy atom. The zero-order chi connectivity index (χ0) is 11.2. The first-order valence-electron chi connectivity index (χ1n) is 4.47. The third-order valence-electron chi connectivity index (χ3n) is 2.56. The summed E-state index contributed by atoms with van der Waals surface area (Å²) in [7, 11) is 1.33. The molecule has 0 saturated heterocycles. The number of halogens is 2. The molecule has 1 aromatic rings. The van der Waals surface area contributed by atoms with Gasteiger partial charge in [-0.15, -0.1) is 0 Å². The maximum absolute atomic E-state index is 13.7. The van der Waals surface area contributed by atoms with Gasteiger partial charge in [-0.2, -0.15) is 0 Å². The molecule has 2 rings (SSSR count). The van der Waals surface area contributed by atoms with Gasteiger partial charge in [0.1, 0.15) is 16.5 Å². The van der Waals surface area contributed by atoms with E-state index in [2.05, 4.69) is 0 Å². The van der Waals surface area contributed by atoms with Gasteiger partial charge in [0.15, 0.2) is 5.82 Å². The van der Waals surface area contributed by atoms with Crippen LogP contribution in [0.2, 0.25) is 5.02 Å². The van der Waals surface area contributed by atoms with E-state index in [9.17, 15) is 14.6 Å². The monoisotopic (exact) mass is 232 g/mol. The zero-order valence-electron chi connectivity index (χ0n) is 8.05. The van der Waals surface area contributed by atoms with Gasteiger partial charge in [0.05, 0.1) is 18.3 Å². The fraction of sp³-hybridized carbons (Fsp3) is 0.400. The van der Waals surface area contributed by atoms with Crippen LogP contribution in [0, 0.1) is 5.82 Å².